The molecule has 1 aromatic carbocycles. The third kappa shape index (κ3) is 4.81. The lowest BCUT2D eigenvalue weighted by Gasteiger charge is -2.24. The summed E-state index contributed by atoms with van der Waals surface area (Å²) in [5.41, 5.74) is 2.25. The molecule has 0 aliphatic carbocycles. The molecule has 1 aromatic heterocycles. The van der Waals surface area contributed by atoms with Crippen LogP contribution in [0.1, 0.15) is 16.5 Å². The Morgan fingerprint density at radius 2 is 1.95 bits per heavy atom. The molecule has 21 heavy (non-hydrogen) atoms. The van der Waals surface area contributed by atoms with Crippen molar-refractivity contribution in [1.82, 2.24) is 10.2 Å². The van der Waals surface area contributed by atoms with Gasteiger partial charge in [0.15, 0.2) is 5.11 Å². The largest absolute Gasteiger partial charge is 0.360 e. The average Bonchev–Trinajstić information content (AvgIpc) is 2.95. The van der Waals surface area contributed by atoms with E-state index in [0.717, 1.165) is 12.2 Å². The van der Waals surface area contributed by atoms with Crippen molar-refractivity contribution in [3.8, 4) is 0 Å². The van der Waals surface area contributed by atoms with Crippen LogP contribution in [-0.4, -0.2) is 30.7 Å². The smallest absolute Gasteiger partial charge is 0.170 e. The standard InChI is InChI=1S/C16H21N3S2/c1-12-6-8-13(9-7-12)18-16(20)17-11-14(19(2)3)15-5-4-10-21-15/h4-10,14H,11H2,1-3H3,(H2,17,18,20). The van der Waals surface area contributed by atoms with E-state index in [0.29, 0.717) is 11.2 Å². The van der Waals surface area contributed by atoms with Crippen LogP contribution in [0.15, 0.2) is 41.8 Å². The van der Waals surface area contributed by atoms with Crippen LogP contribution in [0.25, 0.3) is 0 Å². The van der Waals surface area contributed by atoms with E-state index in [-0.39, 0.29) is 0 Å². The first-order valence-electron chi connectivity index (χ1n) is 6.87. The minimum Gasteiger partial charge on any atom is -0.360 e. The van der Waals surface area contributed by atoms with Gasteiger partial charge in [-0.3, -0.25) is 0 Å². The summed E-state index contributed by atoms with van der Waals surface area (Å²) in [4.78, 5) is 3.54. The molecule has 0 bridgehead atoms. The Hall–Kier alpha value is -1.43. The number of benzene rings is 1. The molecule has 0 aliphatic rings. The Labute approximate surface area is 136 Å². The second-order valence-electron chi connectivity index (χ2n) is 5.20. The van der Waals surface area contributed by atoms with E-state index in [2.05, 4.69) is 66.2 Å². The van der Waals surface area contributed by atoms with Crippen LogP contribution < -0.4 is 10.6 Å². The molecule has 0 amide bonds. The van der Waals surface area contributed by atoms with Gasteiger partial charge in [-0.25, -0.2) is 0 Å². The van der Waals surface area contributed by atoms with Crippen molar-refractivity contribution >= 4 is 34.4 Å². The molecular formula is C16H21N3S2. The zero-order valence-electron chi connectivity index (χ0n) is 12.6. The van der Waals surface area contributed by atoms with Gasteiger partial charge < -0.3 is 15.5 Å². The first-order valence-corrected chi connectivity index (χ1v) is 8.16. The lowest BCUT2D eigenvalue weighted by Crippen LogP contribution is -2.36. The molecule has 1 atom stereocenters. The highest BCUT2D eigenvalue weighted by atomic mass is 32.1. The van der Waals surface area contributed by atoms with E-state index in [1.807, 2.05) is 12.1 Å². The van der Waals surface area contributed by atoms with E-state index < -0.39 is 0 Å². The SMILES string of the molecule is Cc1ccc(NC(=S)NCC(c2cccs2)N(C)C)cc1. The molecule has 0 saturated carbocycles. The van der Waals surface area contributed by atoms with E-state index in [1.165, 1.54) is 10.4 Å². The summed E-state index contributed by atoms with van der Waals surface area (Å²) in [6.07, 6.45) is 0. The minimum absolute atomic E-state index is 0.322. The highest BCUT2D eigenvalue weighted by Crippen LogP contribution is 2.22. The monoisotopic (exact) mass is 319 g/mol. The molecule has 0 aliphatic heterocycles. The molecule has 0 radical (unpaired) electrons. The number of thiophene rings is 1. The molecule has 0 spiro atoms. The summed E-state index contributed by atoms with van der Waals surface area (Å²) in [7, 11) is 4.17. The number of rotatable bonds is 5. The van der Waals surface area contributed by atoms with Crippen LogP contribution in [-0.2, 0) is 0 Å². The summed E-state index contributed by atoms with van der Waals surface area (Å²) in [6, 6.07) is 12.8. The van der Waals surface area contributed by atoms with Gasteiger partial charge in [-0.15, -0.1) is 11.3 Å². The van der Waals surface area contributed by atoms with Gasteiger partial charge in [0.05, 0.1) is 6.04 Å². The zero-order chi connectivity index (χ0) is 15.2. The Morgan fingerprint density at radius 1 is 1.24 bits per heavy atom. The number of hydrogen-bond donors (Lipinski definition) is 2. The van der Waals surface area contributed by atoms with Crippen LogP contribution in [0.5, 0.6) is 0 Å². The first-order chi connectivity index (χ1) is 10.1. The van der Waals surface area contributed by atoms with Gasteiger partial charge in [-0.1, -0.05) is 23.8 Å². The zero-order valence-corrected chi connectivity index (χ0v) is 14.2. The third-order valence-corrected chi connectivity index (χ3v) is 4.48. The third-order valence-electron chi connectivity index (χ3n) is 3.26. The van der Waals surface area contributed by atoms with Gasteiger partial charge in [0.25, 0.3) is 0 Å². The van der Waals surface area contributed by atoms with E-state index in [1.54, 1.807) is 11.3 Å². The lowest BCUT2D eigenvalue weighted by molar-refractivity contribution is 0.303. The Morgan fingerprint density at radius 3 is 2.52 bits per heavy atom. The van der Waals surface area contributed by atoms with Crippen LogP contribution in [0, 0.1) is 6.92 Å². The lowest BCUT2D eigenvalue weighted by atomic mass is 10.2. The summed E-state index contributed by atoms with van der Waals surface area (Å²) < 4.78 is 0. The maximum absolute atomic E-state index is 5.37. The van der Waals surface area contributed by atoms with Crippen LogP contribution in [0.3, 0.4) is 0 Å². The number of aryl methyl sites for hydroxylation is 1. The molecule has 0 fully saturated rings. The number of hydrogen-bond acceptors (Lipinski definition) is 3. The number of likely N-dealkylation sites (N-methyl/N-ethyl adjacent to an activating group) is 1. The molecule has 5 heteroatoms. The summed E-state index contributed by atoms with van der Waals surface area (Å²) in [5.74, 6) is 0. The minimum atomic E-state index is 0.322. The van der Waals surface area contributed by atoms with Crippen molar-refractivity contribution in [2.45, 2.75) is 13.0 Å². The molecule has 1 heterocycles. The predicted octanol–water partition coefficient (Wildman–Crippen LogP) is 3.65. The molecule has 3 nitrogen and oxygen atoms in total. The second-order valence-corrected chi connectivity index (χ2v) is 6.58. The van der Waals surface area contributed by atoms with E-state index in [4.69, 9.17) is 12.2 Å². The summed E-state index contributed by atoms with van der Waals surface area (Å²) in [5, 5.41) is 9.28. The fourth-order valence-electron chi connectivity index (χ4n) is 2.02. The maximum atomic E-state index is 5.37. The molecule has 2 N–H and O–H groups in total. The number of nitrogens with zero attached hydrogens (tertiary/aromatic N) is 1. The molecule has 0 saturated heterocycles. The molecular weight excluding hydrogens is 298 g/mol. The van der Waals surface area contributed by atoms with Gasteiger partial charge in [0.1, 0.15) is 0 Å². The fourth-order valence-corrected chi connectivity index (χ4v) is 3.14. The van der Waals surface area contributed by atoms with Gasteiger partial charge in [0.2, 0.25) is 0 Å². The molecule has 2 rings (SSSR count). The number of anilines is 1. The molecule has 1 unspecified atom stereocenters. The highest BCUT2D eigenvalue weighted by molar-refractivity contribution is 7.80. The summed E-state index contributed by atoms with van der Waals surface area (Å²) in [6.45, 7) is 2.86. The Kier molecular flexibility index (Phi) is 5.73. The normalized spacial score (nSPS) is 12.2. The number of nitrogens with one attached hydrogen (secondary N) is 2. The van der Waals surface area contributed by atoms with Crippen molar-refractivity contribution in [3.05, 3.63) is 52.2 Å². The van der Waals surface area contributed by atoms with Crippen LogP contribution in [0.4, 0.5) is 5.69 Å². The van der Waals surface area contributed by atoms with Crippen molar-refractivity contribution in [2.75, 3.05) is 26.0 Å². The quantitative estimate of drug-likeness (QED) is 0.823. The van der Waals surface area contributed by atoms with E-state index >= 15 is 0 Å². The fraction of sp³-hybridized carbons (Fsp3) is 0.312. The summed E-state index contributed by atoms with van der Waals surface area (Å²) >= 11 is 7.14. The second kappa shape index (κ2) is 7.54. The number of thiocarbonyl (C=S) groups is 1. The first kappa shape index (κ1) is 15.9. The Balaban J connectivity index is 1.89. The topological polar surface area (TPSA) is 27.3 Å². The highest BCUT2D eigenvalue weighted by Gasteiger charge is 2.15. The molecule has 2 aromatic rings. The van der Waals surface area contributed by atoms with Gasteiger partial charge in [-0.05, 0) is 56.8 Å². The maximum Gasteiger partial charge on any atom is 0.170 e. The van der Waals surface area contributed by atoms with Gasteiger partial charge >= 0.3 is 0 Å². The van der Waals surface area contributed by atoms with Crippen molar-refractivity contribution in [2.24, 2.45) is 0 Å². The van der Waals surface area contributed by atoms with Gasteiger partial charge in [-0.2, -0.15) is 0 Å². The van der Waals surface area contributed by atoms with Crippen LogP contribution in [0.2, 0.25) is 0 Å². The van der Waals surface area contributed by atoms with E-state index in [9.17, 15) is 0 Å². The van der Waals surface area contributed by atoms with Crippen LogP contribution >= 0.6 is 23.6 Å². The molecule has 112 valence electrons. The Bertz CT molecular complexity index is 562. The van der Waals surface area contributed by atoms with Gasteiger partial charge in [0, 0.05) is 17.1 Å². The average molecular weight is 319 g/mol. The van der Waals surface area contributed by atoms with Crippen molar-refractivity contribution in [1.29, 1.82) is 0 Å². The van der Waals surface area contributed by atoms with Crippen molar-refractivity contribution < 1.29 is 0 Å². The van der Waals surface area contributed by atoms with Crippen molar-refractivity contribution in [3.63, 3.8) is 0 Å². The predicted molar refractivity (Wildman–Crippen MR) is 96.1 cm³/mol.